The van der Waals surface area contributed by atoms with Crippen LogP contribution in [0.25, 0.3) is 0 Å². The number of likely N-dealkylation sites (tertiary alicyclic amines) is 1. The molecule has 3 rings (SSSR count). The molecule has 1 amide bonds. The number of amides is 1. The summed E-state index contributed by atoms with van der Waals surface area (Å²) in [6.07, 6.45) is 7.96. The van der Waals surface area contributed by atoms with Gasteiger partial charge in [0.05, 0.1) is 18.3 Å². The fourth-order valence-corrected chi connectivity index (χ4v) is 3.60. The van der Waals surface area contributed by atoms with Crippen LogP contribution in [0.3, 0.4) is 0 Å². The van der Waals surface area contributed by atoms with Crippen LogP contribution in [-0.4, -0.2) is 36.9 Å². The SMILES string of the molecule is CC(=O)NCc1cnc(C)nc1C1CCCN1Cc1nccn1C(C)C. The summed E-state index contributed by atoms with van der Waals surface area (Å²) in [4.78, 5) is 27.4. The van der Waals surface area contributed by atoms with Gasteiger partial charge in [0.15, 0.2) is 0 Å². The first-order chi connectivity index (χ1) is 12.5. The minimum atomic E-state index is -0.0428. The van der Waals surface area contributed by atoms with Crippen LogP contribution >= 0.6 is 0 Å². The van der Waals surface area contributed by atoms with Gasteiger partial charge in [-0.25, -0.2) is 15.0 Å². The van der Waals surface area contributed by atoms with E-state index in [-0.39, 0.29) is 11.9 Å². The van der Waals surface area contributed by atoms with Crippen LogP contribution in [-0.2, 0) is 17.9 Å². The summed E-state index contributed by atoms with van der Waals surface area (Å²) < 4.78 is 2.22. The van der Waals surface area contributed by atoms with Crippen LogP contribution in [0.15, 0.2) is 18.6 Å². The maximum absolute atomic E-state index is 11.3. The molecule has 7 heteroatoms. The Balaban J connectivity index is 1.84. The zero-order valence-corrected chi connectivity index (χ0v) is 16.1. The van der Waals surface area contributed by atoms with Crippen molar-refractivity contribution in [1.82, 2.24) is 29.7 Å². The zero-order chi connectivity index (χ0) is 18.7. The van der Waals surface area contributed by atoms with Crippen molar-refractivity contribution >= 4 is 5.91 Å². The van der Waals surface area contributed by atoms with Gasteiger partial charge >= 0.3 is 0 Å². The van der Waals surface area contributed by atoms with Crippen LogP contribution < -0.4 is 5.32 Å². The van der Waals surface area contributed by atoms with E-state index in [9.17, 15) is 4.79 Å². The van der Waals surface area contributed by atoms with Gasteiger partial charge in [0.1, 0.15) is 11.6 Å². The Labute approximate surface area is 154 Å². The number of aromatic nitrogens is 4. The Morgan fingerprint density at radius 1 is 1.38 bits per heavy atom. The molecule has 1 unspecified atom stereocenters. The second-order valence-electron chi connectivity index (χ2n) is 7.21. The van der Waals surface area contributed by atoms with E-state index in [4.69, 9.17) is 4.98 Å². The number of rotatable bonds is 6. The molecule has 0 radical (unpaired) electrons. The molecule has 3 heterocycles. The lowest BCUT2D eigenvalue weighted by Gasteiger charge is -2.26. The van der Waals surface area contributed by atoms with E-state index in [1.54, 1.807) is 0 Å². The third kappa shape index (κ3) is 4.09. The van der Waals surface area contributed by atoms with E-state index < -0.39 is 0 Å². The minimum absolute atomic E-state index is 0.0428. The molecule has 7 nitrogen and oxygen atoms in total. The molecule has 140 valence electrons. The van der Waals surface area contributed by atoms with E-state index in [0.717, 1.165) is 48.8 Å². The van der Waals surface area contributed by atoms with Crippen molar-refractivity contribution in [3.63, 3.8) is 0 Å². The number of carbonyl (C=O) groups excluding carboxylic acids is 1. The first-order valence-corrected chi connectivity index (χ1v) is 9.28. The Morgan fingerprint density at radius 3 is 2.92 bits per heavy atom. The Kier molecular flexibility index (Phi) is 5.66. The molecule has 0 bridgehead atoms. The summed E-state index contributed by atoms with van der Waals surface area (Å²) in [6, 6.07) is 0.628. The lowest BCUT2D eigenvalue weighted by Crippen LogP contribution is -2.28. The van der Waals surface area contributed by atoms with E-state index in [2.05, 4.69) is 38.6 Å². The fourth-order valence-electron chi connectivity index (χ4n) is 3.60. The zero-order valence-electron chi connectivity index (χ0n) is 16.1. The lowest BCUT2D eigenvalue weighted by atomic mass is 10.1. The van der Waals surface area contributed by atoms with Gasteiger partial charge in [-0.3, -0.25) is 9.69 Å². The monoisotopic (exact) mass is 356 g/mol. The molecule has 1 atom stereocenters. The van der Waals surface area contributed by atoms with Gasteiger partial charge < -0.3 is 9.88 Å². The number of nitrogens with zero attached hydrogens (tertiary/aromatic N) is 5. The standard InChI is InChI=1S/C19H28N6O/c1-13(2)25-9-7-20-18(25)12-24-8-5-6-17(24)19-16(11-22-15(4)26)10-21-14(3)23-19/h7,9-10,13,17H,5-6,8,11-12H2,1-4H3,(H,22,26). The van der Waals surface area contributed by atoms with Crippen LogP contribution in [0, 0.1) is 6.92 Å². The molecule has 1 aliphatic heterocycles. The molecule has 1 saturated heterocycles. The van der Waals surface area contributed by atoms with Crippen molar-refractivity contribution in [3.8, 4) is 0 Å². The lowest BCUT2D eigenvalue weighted by molar-refractivity contribution is -0.119. The number of imidazole rings is 1. The molecular weight excluding hydrogens is 328 g/mol. The highest BCUT2D eigenvalue weighted by atomic mass is 16.1. The predicted octanol–water partition coefficient (Wildman–Crippen LogP) is 2.54. The number of carbonyl (C=O) groups is 1. The molecule has 26 heavy (non-hydrogen) atoms. The highest BCUT2D eigenvalue weighted by molar-refractivity contribution is 5.72. The highest BCUT2D eigenvalue weighted by Crippen LogP contribution is 2.33. The van der Waals surface area contributed by atoms with E-state index in [1.807, 2.05) is 25.5 Å². The third-order valence-corrected chi connectivity index (χ3v) is 4.88. The summed E-state index contributed by atoms with van der Waals surface area (Å²) in [5.74, 6) is 1.81. The van der Waals surface area contributed by atoms with Crippen molar-refractivity contribution in [1.29, 1.82) is 0 Å². The first-order valence-electron chi connectivity index (χ1n) is 9.28. The van der Waals surface area contributed by atoms with Crippen molar-refractivity contribution in [2.24, 2.45) is 0 Å². The number of aryl methyl sites for hydroxylation is 1. The van der Waals surface area contributed by atoms with Gasteiger partial charge in [0.2, 0.25) is 5.91 Å². The average molecular weight is 356 g/mol. The van der Waals surface area contributed by atoms with Crippen molar-refractivity contribution in [3.05, 3.63) is 41.5 Å². The smallest absolute Gasteiger partial charge is 0.217 e. The van der Waals surface area contributed by atoms with Gasteiger partial charge in [-0.15, -0.1) is 0 Å². The van der Waals surface area contributed by atoms with Gasteiger partial charge in [-0.1, -0.05) is 0 Å². The van der Waals surface area contributed by atoms with E-state index >= 15 is 0 Å². The Hall–Kier alpha value is -2.28. The summed E-state index contributed by atoms with van der Waals surface area (Å²) in [5.41, 5.74) is 2.03. The fraction of sp³-hybridized carbons (Fsp3) is 0.579. The summed E-state index contributed by atoms with van der Waals surface area (Å²) >= 11 is 0. The van der Waals surface area contributed by atoms with Gasteiger partial charge in [-0.2, -0.15) is 0 Å². The molecule has 0 aromatic carbocycles. The molecule has 2 aromatic heterocycles. The van der Waals surface area contributed by atoms with Crippen LogP contribution in [0.4, 0.5) is 0 Å². The second-order valence-corrected chi connectivity index (χ2v) is 7.21. The first kappa shape index (κ1) is 18.5. The number of nitrogens with one attached hydrogen (secondary N) is 1. The Morgan fingerprint density at radius 2 is 2.19 bits per heavy atom. The highest BCUT2D eigenvalue weighted by Gasteiger charge is 2.30. The molecule has 1 fully saturated rings. The van der Waals surface area contributed by atoms with Gasteiger partial charge in [0, 0.05) is 43.7 Å². The topological polar surface area (TPSA) is 75.9 Å². The second kappa shape index (κ2) is 7.95. The summed E-state index contributed by atoms with van der Waals surface area (Å²) in [7, 11) is 0. The van der Waals surface area contributed by atoms with Gasteiger partial charge in [-0.05, 0) is 40.2 Å². The third-order valence-electron chi connectivity index (χ3n) is 4.88. The molecule has 1 aliphatic rings. The predicted molar refractivity (Wildman–Crippen MR) is 99.3 cm³/mol. The van der Waals surface area contributed by atoms with E-state index in [1.165, 1.54) is 6.92 Å². The van der Waals surface area contributed by atoms with Crippen LogP contribution in [0.2, 0.25) is 0 Å². The maximum Gasteiger partial charge on any atom is 0.217 e. The molecule has 1 N–H and O–H groups in total. The minimum Gasteiger partial charge on any atom is -0.352 e. The van der Waals surface area contributed by atoms with Crippen LogP contribution in [0.1, 0.15) is 68.6 Å². The summed E-state index contributed by atoms with van der Waals surface area (Å²) in [6.45, 7) is 10.1. The quantitative estimate of drug-likeness (QED) is 0.861. The molecule has 0 aliphatic carbocycles. The van der Waals surface area contributed by atoms with Gasteiger partial charge in [0.25, 0.3) is 0 Å². The average Bonchev–Trinajstić information content (AvgIpc) is 3.23. The molecule has 0 spiro atoms. The van der Waals surface area contributed by atoms with E-state index in [0.29, 0.717) is 12.6 Å². The van der Waals surface area contributed by atoms with Crippen molar-refractivity contribution in [2.45, 2.75) is 65.7 Å². The molecular formula is C19H28N6O. The largest absolute Gasteiger partial charge is 0.352 e. The number of hydrogen-bond donors (Lipinski definition) is 1. The van der Waals surface area contributed by atoms with Crippen molar-refractivity contribution in [2.75, 3.05) is 6.54 Å². The van der Waals surface area contributed by atoms with Crippen LogP contribution in [0.5, 0.6) is 0 Å². The Bertz CT molecular complexity index is 769. The number of hydrogen-bond acceptors (Lipinski definition) is 5. The molecule has 0 saturated carbocycles. The molecule has 2 aromatic rings. The van der Waals surface area contributed by atoms with Crippen molar-refractivity contribution < 1.29 is 4.79 Å². The summed E-state index contributed by atoms with van der Waals surface area (Å²) in [5, 5.41) is 2.88. The normalized spacial score (nSPS) is 17.8. The maximum atomic E-state index is 11.3.